The van der Waals surface area contributed by atoms with E-state index in [2.05, 4.69) is 34.6 Å². The molecular formula is C21H21N3O2S. The van der Waals surface area contributed by atoms with Gasteiger partial charge in [0.2, 0.25) is 0 Å². The fourth-order valence-corrected chi connectivity index (χ4v) is 4.60. The summed E-state index contributed by atoms with van der Waals surface area (Å²) in [4.78, 5) is 33.9. The molecule has 138 valence electrons. The Bertz CT molecular complexity index is 1000. The maximum Gasteiger partial charge on any atom is 0.260 e. The van der Waals surface area contributed by atoms with Crippen LogP contribution in [0.1, 0.15) is 39.5 Å². The first-order valence-electron chi connectivity index (χ1n) is 9.05. The highest BCUT2D eigenvalue weighted by molar-refractivity contribution is 7.09. The first-order chi connectivity index (χ1) is 13.1. The highest BCUT2D eigenvalue weighted by atomic mass is 32.1. The number of thiazole rings is 1. The number of rotatable bonds is 3. The second-order valence-corrected chi connectivity index (χ2v) is 7.97. The van der Waals surface area contributed by atoms with Gasteiger partial charge in [0.25, 0.3) is 11.5 Å². The zero-order chi connectivity index (χ0) is 18.9. The van der Waals surface area contributed by atoms with E-state index in [1.165, 1.54) is 5.56 Å². The maximum absolute atomic E-state index is 12.8. The first-order valence-corrected chi connectivity index (χ1v) is 9.93. The van der Waals surface area contributed by atoms with Crippen LogP contribution in [-0.4, -0.2) is 33.9 Å². The molecule has 4 rings (SSSR count). The predicted octanol–water partition coefficient (Wildman–Crippen LogP) is 3.36. The number of hydrogen-bond acceptors (Lipinski definition) is 4. The molecule has 0 atom stereocenters. The molecule has 1 amide bonds. The fraction of sp³-hybridized carbons (Fsp3) is 0.286. The Morgan fingerprint density at radius 3 is 2.52 bits per heavy atom. The van der Waals surface area contributed by atoms with Crippen molar-refractivity contribution in [3.05, 3.63) is 86.2 Å². The Morgan fingerprint density at radius 1 is 1.15 bits per heavy atom. The van der Waals surface area contributed by atoms with Crippen LogP contribution >= 0.6 is 11.3 Å². The van der Waals surface area contributed by atoms with Gasteiger partial charge >= 0.3 is 0 Å². The van der Waals surface area contributed by atoms with Crippen LogP contribution < -0.4 is 5.56 Å². The molecular weight excluding hydrogens is 358 g/mol. The van der Waals surface area contributed by atoms with Crippen LogP contribution in [0.5, 0.6) is 0 Å². The van der Waals surface area contributed by atoms with E-state index in [0.29, 0.717) is 13.1 Å². The molecule has 1 N–H and O–H groups in total. The topological polar surface area (TPSA) is 66.1 Å². The summed E-state index contributed by atoms with van der Waals surface area (Å²) in [5, 5.41) is 3.19. The van der Waals surface area contributed by atoms with Crippen molar-refractivity contribution in [1.29, 1.82) is 0 Å². The summed E-state index contributed by atoms with van der Waals surface area (Å²) >= 11 is 1.66. The lowest BCUT2D eigenvalue weighted by Crippen LogP contribution is -2.46. The molecule has 0 spiro atoms. The van der Waals surface area contributed by atoms with Gasteiger partial charge in [0.05, 0.1) is 10.7 Å². The molecule has 3 aromatic rings. The summed E-state index contributed by atoms with van der Waals surface area (Å²) in [5.74, 6) is -0.201. The molecule has 1 saturated heterocycles. The van der Waals surface area contributed by atoms with Gasteiger partial charge in [-0.2, -0.15) is 0 Å². The van der Waals surface area contributed by atoms with E-state index in [-0.39, 0.29) is 22.4 Å². The normalized spacial score (nSPS) is 16.3. The van der Waals surface area contributed by atoms with Crippen molar-refractivity contribution < 1.29 is 4.79 Å². The van der Waals surface area contributed by atoms with Crippen molar-refractivity contribution in [2.45, 2.75) is 25.2 Å². The summed E-state index contributed by atoms with van der Waals surface area (Å²) < 4.78 is 0. The molecule has 0 unspecified atom stereocenters. The molecule has 0 saturated carbocycles. The van der Waals surface area contributed by atoms with Crippen molar-refractivity contribution in [1.82, 2.24) is 14.9 Å². The van der Waals surface area contributed by atoms with E-state index in [1.54, 1.807) is 34.6 Å². The van der Waals surface area contributed by atoms with Crippen LogP contribution in [0.15, 0.2) is 58.8 Å². The van der Waals surface area contributed by atoms with Gasteiger partial charge in [0, 0.05) is 30.1 Å². The minimum Gasteiger partial charge on any atom is -0.338 e. The number of amides is 1. The van der Waals surface area contributed by atoms with E-state index in [1.807, 2.05) is 13.0 Å². The van der Waals surface area contributed by atoms with Crippen LogP contribution in [-0.2, 0) is 5.41 Å². The second kappa shape index (κ2) is 7.12. The second-order valence-electron chi connectivity index (χ2n) is 6.91. The predicted molar refractivity (Wildman–Crippen MR) is 106 cm³/mol. The van der Waals surface area contributed by atoms with Crippen molar-refractivity contribution >= 4 is 17.2 Å². The van der Waals surface area contributed by atoms with E-state index in [0.717, 1.165) is 23.5 Å². The van der Waals surface area contributed by atoms with E-state index in [9.17, 15) is 9.59 Å². The summed E-state index contributed by atoms with van der Waals surface area (Å²) in [6.45, 7) is 3.21. The van der Waals surface area contributed by atoms with Crippen molar-refractivity contribution in [2.24, 2.45) is 0 Å². The van der Waals surface area contributed by atoms with Gasteiger partial charge in [-0.3, -0.25) is 9.59 Å². The zero-order valence-corrected chi connectivity index (χ0v) is 16.0. The number of nitrogens with zero attached hydrogens (tertiary/aromatic N) is 2. The first kappa shape index (κ1) is 17.7. The van der Waals surface area contributed by atoms with E-state index < -0.39 is 0 Å². The van der Waals surface area contributed by atoms with E-state index >= 15 is 0 Å². The smallest absolute Gasteiger partial charge is 0.260 e. The van der Waals surface area contributed by atoms with Gasteiger partial charge in [0.1, 0.15) is 5.56 Å². The van der Waals surface area contributed by atoms with Crippen molar-refractivity contribution in [3.8, 4) is 0 Å². The number of piperidine rings is 1. The molecule has 1 fully saturated rings. The van der Waals surface area contributed by atoms with Gasteiger partial charge in [-0.1, -0.05) is 30.3 Å². The molecule has 0 radical (unpaired) electrons. The molecule has 3 heterocycles. The Kier molecular flexibility index (Phi) is 4.66. The lowest BCUT2D eigenvalue weighted by Gasteiger charge is -2.41. The number of aromatic amines is 1. The molecule has 0 aliphatic carbocycles. The number of pyridine rings is 1. The third-order valence-corrected chi connectivity index (χ3v) is 6.16. The van der Waals surface area contributed by atoms with Gasteiger partial charge in [-0.05, 0) is 37.5 Å². The van der Waals surface area contributed by atoms with Crippen molar-refractivity contribution in [2.75, 3.05) is 13.1 Å². The molecule has 1 aliphatic heterocycles. The minimum atomic E-state index is -0.336. The maximum atomic E-state index is 12.8. The number of benzene rings is 1. The van der Waals surface area contributed by atoms with Crippen LogP contribution in [0.3, 0.4) is 0 Å². The minimum absolute atomic E-state index is 0.189. The standard InChI is InChI=1S/C21H21N3O2S/c1-15-23-18(14-27-15)21(16-6-3-2-4-7-16)9-12-24(13-10-21)20(26)17-8-5-11-22-19(17)25/h2-8,11,14H,9-10,12-13H2,1H3,(H,22,25). The summed E-state index contributed by atoms with van der Waals surface area (Å²) in [5.41, 5.74) is 2.00. The third kappa shape index (κ3) is 3.21. The Labute approximate surface area is 161 Å². The van der Waals surface area contributed by atoms with E-state index in [4.69, 9.17) is 4.98 Å². The molecule has 1 aromatic carbocycles. The Morgan fingerprint density at radius 2 is 1.89 bits per heavy atom. The lowest BCUT2D eigenvalue weighted by molar-refractivity contribution is 0.0682. The Hall–Kier alpha value is -2.73. The zero-order valence-electron chi connectivity index (χ0n) is 15.1. The van der Waals surface area contributed by atoms with Crippen LogP contribution in [0.2, 0.25) is 0 Å². The molecule has 6 heteroatoms. The number of hydrogen-bond donors (Lipinski definition) is 1. The number of carbonyl (C=O) groups is 1. The molecule has 5 nitrogen and oxygen atoms in total. The Balaban J connectivity index is 1.63. The largest absolute Gasteiger partial charge is 0.338 e. The summed E-state index contributed by atoms with van der Waals surface area (Å²) in [7, 11) is 0. The van der Waals surface area contributed by atoms with Gasteiger partial charge < -0.3 is 9.88 Å². The molecule has 27 heavy (non-hydrogen) atoms. The number of nitrogens with one attached hydrogen (secondary N) is 1. The number of likely N-dealkylation sites (tertiary alicyclic amines) is 1. The number of H-pyrrole nitrogens is 1. The number of carbonyl (C=O) groups excluding carboxylic acids is 1. The fourth-order valence-electron chi connectivity index (χ4n) is 3.88. The SMILES string of the molecule is Cc1nc(C2(c3ccccc3)CCN(C(=O)c3ccc[nH]c3=O)CC2)cs1. The molecule has 2 aromatic heterocycles. The third-order valence-electron chi connectivity index (χ3n) is 5.39. The summed E-state index contributed by atoms with van der Waals surface area (Å²) in [6, 6.07) is 13.7. The molecule has 1 aliphatic rings. The lowest BCUT2D eigenvalue weighted by atomic mass is 9.70. The molecule has 0 bridgehead atoms. The van der Waals surface area contributed by atoms with Gasteiger partial charge in [-0.15, -0.1) is 11.3 Å². The van der Waals surface area contributed by atoms with Crippen LogP contribution in [0.25, 0.3) is 0 Å². The average molecular weight is 379 g/mol. The monoisotopic (exact) mass is 379 g/mol. The number of aromatic nitrogens is 2. The summed E-state index contributed by atoms with van der Waals surface area (Å²) in [6.07, 6.45) is 3.12. The van der Waals surface area contributed by atoms with Gasteiger partial charge in [-0.25, -0.2) is 4.98 Å². The quantitative estimate of drug-likeness (QED) is 0.759. The van der Waals surface area contributed by atoms with Gasteiger partial charge in [0.15, 0.2) is 0 Å². The number of aryl methyl sites for hydroxylation is 1. The van der Waals surface area contributed by atoms with Crippen LogP contribution in [0.4, 0.5) is 0 Å². The average Bonchev–Trinajstić information content (AvgIpc) is 3.15. The highest BCUT2D eigenvalue weighted by Gasteiger charge is 2.40. The van der Waals surface area contributed by atoms with Crippen molar-refractivity contribution in [3.63, 3.8) is 0 Å². The highest BCUT2D eigenvalue weighted by Crippen LogP contribution is 2.42. The van der Waals surface area contributed by atoms with Crippen LogP contribution in [0, 0.1) is 6.92 Å².